The number of ether oxygens (including phenoxy) is 1. The van der Waals surface area contributed by atoms with Gasteiger partial charge < -0.3 is 20.1 Å². The summed E-state index contributed by atoms with van der Waals surface area (Å²) in [6, 6.07) is 24.8. The van der Waals surface area contributed by atoms with Crippen molar-refractivity contribution in [1.82, 2.24) is 10.2 Å². The number of hydrogen-bond donors (Lipinski definition) is 2. The summed E-state index contributed by atoms with van der Waals surface area (Å²) in [5.41, 5.74) is 2.49. The molecule has 0 spiro atoms. The van der Waals surface area contributed by atoms with Crippen LogP contribution in [0.15, 0.2) is 97.1 Å². The Morgan fingerprint density at radius 3 is 2.19 bits per heavy atom. The molecular formula is C34H37FN2O5. The third kappa shape index (κ3) is 9.11. The van der Waals surface area contributed by atoms with Crippen molar-refractivity contribution in [2.45, 2.75) is 38.3 Å². The number of halogens is 1. The van der Waals surface area contributed by atoms with Gasteiger partial charge in [-0.15, -0.1) is 0 Å². The van der Waals surface area contributed by atoms with Gasteiger partial charge in [0.15, 0.2) is 0 Å². The van der Waals surface area contributed by atoms with E-state index in [2.05, 4.69) is 5.32 Å². The fraction of sp³-hybridized carbons (Fsp3) is 0.324. The first kappa shape index (κ1) is 30.7. The summed E-state index contributed by atoms with van der Waals surface area (Å²) >= 11 is 0. The summed E-state index contributed by atoms with van der Waals surface area (Å²) in [5, 5.41) is 12.5. The molecule has 220 valence electrons. The van der Waals surface area contributed by atoms with Crippen molar-refractivity contribution in [2.75, 3.05) is 19.7 Å². The van der Waals surface area contributed by atoms with Gasteiger partial charge in [-0.3, -0.25) is 14.4 Å². The number of nitrogens with one attached hydrogen (secondary N) is 1. The molecule has 2 amide bonds. The molecule has 7 nitrogen and oxygen atoms in total. The lowest BCUT2D eigenvalue weighted by Gasteiger charge is -2.26. The van der Waals surface area contributed by atoms with Gasteiger partial charge in [0, 0.05) is 19.5 Å². The van der Waals surface area contributed by atoms with E-state index in [1.807, 2.05) is 72.8 Å². The first-order valence-corrected chi connectivity index (χ1v) is 14.3. The van der Waals surface area contributed by atoms with Gasteiger partial charge in [-0.2, -0.15) is 0 Å². The van der Waals surface area contributed by atoms with E-state index in [0.29, 0.717) is 25.8 Å². The van der Waals surface area contributed by atoms with E-state index in [4.69, 9.17) is 4.74 Å². The Balaban J connectivity index is 1.54. The number of rotatable bonds is 9. The maximum absolute atomic E-state index is 13.5. The minimum absolute atomic E-state index is 0.0300. The molecular weight excluding hydrogens is 535 g/mol. The molecule has 3 aromatic carbocycles. The van der Waals surface area contributed by atoms with Crippen LogP contribution in [0.2, 0.25) is 0 Å². The largest absolute Gasteiger partial charge is 0.455 e. The molecule has 1 heterocycles. The van der Waals surface area contributed by atoms with Crippen molar-refractivity contribution in [2.24, 2.45) is 11.8 Å². The average molecular weight is 573 g/mol. The quantitative estimate of drug-likeness (QED) is 0.285. The van der Waals surface area contributed by atoms with E-state index in [0.717, 1.165) is 16.7 Å². The van der Waals surface area contributed by atoms with Crippen LogP contribution in [0.5, 0.6) is 0 Å². The molecule has 0 saturated heterocycles. The Morgan fingerprint density at radius 1 is 0.881 bits per heavy atom. The number of aliphatic hydroxyl groups excluding tert-OH is 1. The molecule has 3 atom stereocenters. The van der Waals surface area contributed by atoms with Crippen LogP contribution in [0.4, 0.5) is 4.39 Å². The summed E-state index contributed by atoms with van der Waals surface area (Å²) in [4.78, 5) is 41.6. The van der Waals surface area contributed by atoms with Gasteiger partial charge in [-0.25, -0.2) is 4.39 Å². The third-order valence-electron chi connectivity index (χ3n) is 7.36. The maximum atomic E-state index is 13.5. The highest BCUT2D eigenvalue weighted by atomic mass is 19.1. The van der Waals surface area contributed by atoms with Crippen molar-refractivity contribution in [3.63, 3.8) is 0 Å². The number of nitrogens with zero attached hydrogens (tertiary/aromatic N) is 1. The Bertz CT molecular complexity index is 1330. The Hall–Kier alpha value is -4.30. The third-order valence-corrected chi connectivity index (χ3v) is 7.36. The number of cyclic esters (lactones) is 1. The van der Waals surface area contributed by atoms with E-state index >= 15 is 0 Å². The first-order valence-electron chi connectivity index (χ1n) is 14.3. The smallest absolute Gasteiger partial charge is 0.310 e. The number of carbonyl (C=O) groups excluding carboxylic acids is 3. The number of aliphatic hydroxyl groups is 1. The molecule has 0 saturated carbocycles. The van der Waals surface area contributed by atoms with Gasteiger partial charge in [0.05, 0.1) is 25.0 Å². The Morgan fingerprint density at radius 2 is 1.52 bits per heavy atom. The molecule has 2 N–H and O–H groups in total. The highest BCUT2D eigenvalue weighted by Crippen LogP contribution is 2.24. The summed E-state index contributed by atoms with van der Waals surface area (Å²) in [6.45, 7) is 0.363. The molecule has 3 aromatic rings. The van der Waals surface area contributed by atoms with Crippen molar-refractivity contribution < 1.29 is 28.6 Å². The number of hydrogen-bond acceptors (Lipinski definition) is 5. The summed E-state index contributed by atoms with van der Waals surface area (Å²) < 4.78 is 19.4. The molecule has 1 aliphatic rings. The predicted molar refractivity (Wildman–Crippen MR) is 157 cm³/mol. The maximum Gasteiger partial charge on any atom is 0.310 e. The van der Waals surface area contributed by atoms with Crippen LogP contribution in [0.3, 0.4) is 0 Å². The molecule has 0 aromatic heterocycles. The van der Waals surface area contributed by atoms with E-state index in [-0.39, 0.29) is 43.7 Å². The van der Waals surface area contributed by atoms with Gasteiger partial charge in [0.1, 0.15) is 11.9 Å². The minimum Gasteiger partial charge on any atom is -0.455 e. The SMILES string of the molecule is O=C1NC[C@@H](c2ccccc2)OC(=O)[C@H](Cc2ccc(F)cc2)C/C=C\C[C@@H]1CC(=O)N(CCO)Cc1ccccc1. The molecule has 0 bridgehead atoms. The molecule has 0 radical (unpaired) electrons. The summed E-state index contributed by atoms with van der Waals surface area (Å²) in [7, 11) is 0. The normalized spacial score (nSPS) is 20.4. The van der Waals surface area contributed by atoms with Crippen LogP contribution < -0.4 is 5.32 Å². The number of carbonyl (C=O) groups is 3. The van der Waals surface area contributed by atoms with Crippen molar-refractivity contribution in [1.29, 1.82) is 0 Å². The Kier molecular flexibility index (Phi) is 11.4. The number of benzene rings is 3. The van der Waals surface area contributed by atoms with E-state index < -0.39 is 23.9 Å². The second kappa shape index (κ2) is 15.6. The van der Waals surface area contributed by atoms with Crippen LogP contribution in [0.1, 0.15) is 42.1 Å². The lowest BCUT2D eigenvalue weighted by molar-refractivity contribution is -0.155. The second-order valence-corrected chi connectivity index (χ2v) is 10.5. The zero-order chi connectivity index (χ0) is 29.7. The fourth-order valence-corrected chi connectivity index (χ4v) is 5.00. The monoisotopic (exact) mass is 572 g/mol. The van der Waals surface area contributed by atoms with Gasteiger partial charge >= 0.3 is 5.97 Å². The first-order chi connectivity index (χ1) is 20.4. The van der Waals surface area contributed by atoms with Crippen LogP contribution in [0.25, 0.3) is 0 Å². The molecule has 42 heavy (non-hydrogen) atoms. The minimum atomic E-state index is -0.720. The Labute approximate surface area is 246 Å². The van der Waals surface area contributed by atoms with Crippen LogP contribution in [0, 0.1) is 17.7 Å². The van der Waals surface area contributed by atoms with Gasteiger partial charge in [0.2, 0.25) is 11.8 Å². The fourth-order valence-electron chi connectivity index (χ4n) is 5.00. The lowest BCUT2D eigenvalue weighted by atomic mass is 9.94. The van der Waals surface area contributed by atoms with Crippen LogP contribution in [-0.2, 0) is 32.1 Å². The summed E-state index contributed by atoms with van der Waals surface area (Å²) in [5.74, 6) is -2.45. The van der Waals surface area contributed by atoms with E-state index in [9.17, 15) is 23.9 Å². The molecule has 4 rings (SSSR count). The molecule has 1 aliphatic heterocycles. The predicted octanol–water partition coefficient (Wildman–Crippen LogP) is 4.76. The van der Waals surface area contributed by atoms with Crippen molar-refractivity contribution in [3.05, 3.63) is 120 Å². The highest BCUT2D eigenvalue weighted by molar-refractivity contribution is 5.86. The number of allylic oxidation sites excluding steroid dienone is 2. The van der Waals surface area contributed by atoms with Crippen molar-refractivity contribution in [3.8, 4) is 0 Å². The topological polar surface area (TPSA) is 95.9 Å². The van der Waals surface area contributed by atoms with Crippen molar-refractivity contribution >= 4 is 17.8 Å². The van der Waals surface area contributed by atoms with E-state index in [1.165, 1.54) is 12.1 Å². The van der Waals surface area contributed by atoms with Crippen LogP contribution >= 0.6 is 0 Å². The lowest BCUT2D eigenvalue weighted by Crippen LogP contribution is -2.40. The molecule has 0 unspecified atom stereocenters. The number of esters is 1. The standard InChI is InChI=1S/C34H37FN2O5/c35-30-17-15-25(16-18-30)21-29-14-8-7-13-28(22-32(39)37(19-20-38)24-26-9-3-1-4-10-26)33(40)36-23-31(42-34(29)41)27-11-5-2-6-12-27/h1-12,15-18,28-29,31,38H,13-14,19-24H2,(H,36,40)/b8-7-/t28-,29+,31+/m1/s1. The van der Waals surface area contributed by atoms with Gasteiger partial charge in [0.25, 0.3) is 0 Å². The zero-order valence-electron chi connectivity index (χ0n) is 23.5. The average Bonchev–Trinajstić information content (AvgIpc) is 3.01. The number of amides is 2. The molecule has 8 heteroatoms. The van der Waals surface area contributed by atoms with Gasteiger partial charge in [-0.1, -0.05) is 84.9 Å². The molecule has 0 fully saturated rings. The second-order valence-electron chi connectivity index (χ2n) is 10.5. The zero-order valence-corrected chi connectivity index (χ0v) is 23.5. The van der Waals surface area contributed by atoms with Crippen LogP contribution in [-0.4, -0.2) is 47.5 Å². The molecule has 0 aliphatic carbocycles. The summed E-state index contributed by atoms with van der Waals surface area (Å²) in [6.07, 6.45) is 3.96. The van der Waals surface area contributed by atoms with Gasteiger partial charge in [-0.05, 0) is 48.1 Å². The van der Waals surface area contributed by atoms with E-state index in [1.54, 1.807) is 17.0 Å². The highest BCUT2D eigenvalue weighted by Gasteiger charge is 2.28.